The molecule has 3 aliphatic rings. The lowest BCUT2D eigenvalue weighted by Crippen LogP contribution is -2.63. The molecule has 0 radical (unpaired) electrons. The van der Waals surface area contributed by atoms with Gasteiger partial charge < -0.3 is 14.5 Å². The maximum absolute atomic E-state index is 3.99. The molecule has 0 unspecified atom stereocenters. The van der Waals surface area contributed by atoms with Crippen LogP contribution in [-0.2, 0) is 10.8 Å². The van der Waals surface area contributed by atoms with Gasteiger partial charge >= 0.3 is 0 Å². The lowest BCUT2D eigenvalue weighted by atomic mass is 9.35. The maximum Gasteiger partial charge on any atom is 0.276 e. The van der Waals surface area contributed by atoms with Crippen LogP contribution in [0.1, 0.15) is 52.7 Å². The first-order chi connectivity index (χ1) is 26.1. The zero-order chi connectivity index (χ0) is 36.7. The molecule has 4 nitrogen and oxygen atoms in total. The van der Waals surface area contributed by atoms with Gasteiger partial charge in [-0.25, -0.2) is 0 Å². The number of benzene rings is 6. The summed E-state index contributed by atoms with van der Waals surface area (Å²) in [5, 5.41) is 2.52. The fourth-order valence-corrected chi connectivity index (χ4v) is 10.3. The van der Waals surface area contributed by atoms with Gasteiger partial charge in [0.2, 0.25) is 0 Å². The van der Waals surface area contributed by atoms with E-state index in [0.29, 0.717) is 0 Å². The minimum atomic E-state index is -0.0268. The second kappa shape index (κ2) is 11.0. The monoisotopic (exact) mass is 716 g/mol. The third-order valence-corrected chi connectivity index (χ3v) is 12.9. The Hall–Kier alpha value is -5.59. The molecule has 0 fully saturated rings. The summed E-state index contributed by atoms with van der Waals surface area (Å²) in [5.41, 5.74) is 16.5. The molecule has 0 aliphatic carbocycles. The zero-order valence-electron chi connectivity index (χ0n) is 31.5. The molecule has 0 bridgehead atoms. The molecule has 1 N–H and O–H groups in total. The van der Waals surface area contributed by atoms with Crippen molar-refractivity contribution in [2.45, 2.75) is 62.2 Å². The molecular formula is C48H41BN4S. The minimum Gasteiger partial charge on any atom is -0.341 e. The molecule has 0 saturated carbocycles. The van der Waals surface area contributed by atoms with E-state index in [0.717, 1.165) is 11.3 Å². The Labute approximate surface area is 321 Å². The van der Waals surface area contributed by atoms with Crippen LogP contribution in [0.3, 0.4) is 0 Å². The lowest BCUT2D eigenvalue weighted by molar-refractivity contribution is 0.588. The third kappa shape index (κ3) is 4.35. The lowest BCUT2D eigenvalue weighted by Gasteiger charge is -2.45. The van der Waals surface area contributed by atoms with Crippen LogP contribution in [0.5, 0.6) is 0 Å². The van der Waals surface area contributed by atoms with Crippen LogP contribution in [0.4, 0.5) is 34.3 Å². The van der Waals surface area contributed by atoms with Crippen molar-refractivity contribution in [3.05, 3.63) is 145 Å². The van der Waals surface area contributed by atoms with E-state index in [4.69, 9.17) is 0 Å². The topological polar surface area (TPSA) is 27.2 Å². The average Bonchev–Trinajstić information content (AvgIpc) is 3.72. The zero-order valence-corrected chi connectivity index (χ0v) is 32.3. The highest BCUT2D eigenvalue weighted by molar-refractivity contribution is 7.99. The number of fused-ring (bicyclic) bond motifs is 11. The summed E-state index contributed by atoms with van der Waals surface area (Å²) in [7, 11) is 0. The number of nitrogens with zero attached hydrogens (tertiary/aromatic N) is 3. The summed E-state index contributed by atoms with van der Waals surface area (Å²) in [6.07, 6.45) is 0. The summed E-state index contributed by atoms with van der Waals surface area (Å²) in [5.74, 6) is 1.16. The van der Waals surface area contributed by atoms with Gasteiger partial charge in [0.05, 0.1) is 22.6 Å². The van der Waals surface area contributed by atoms with Gasteiger partial charge in [0.1, 0.15) is 5.82 Å². The standard InChI is InChI=1S/C48H41BN4S/c1-47(2,3)29-20-23-32(24-21-29)51-38-26-27-39-44-42(38)49(45-43(51)34-17-11-13-19-36(34)52(45)31-14-8-7-9-15-31)41-33-16-10-12-18-35(33)50-46(41)53(44)37-25-22-30(48(4,5)6)28-40(37)54-39/h7-28,50H,1-6H3. The molecule has 3 aliphatic heterocycles. The van der Waals surface area contributed by atoms with Gasteiger partial charge in [-0.05, 0) is 98.9 Å². The van der Waals surface area contributed by atoms with Gasteiger partial charge in [-0.3, -0.25) is 4.90 Å². The Morgan fingerprint density at radius 3 is 1.96 bits per heavy atom. The molecule has 0 saturated heterocycles. The van der Waals surface area contributed by atoms with E-state index in [1.807, 2.05) is 11.8 Å². The van der Waals surface area contributed by atoms with Crippen LogP contribution in [0, 0.1) is 0 Å². The molecule has 6 aromatic carbocycles. The molecule has 6 heteroatoms. The average molecular weight is 717 g/mol. The number of aromatic amines is 1. The Kier molecular flexibility index (Phi) is 6.49. The number of hydrogen-bond donors (Lipinski definition) is 1. The molecule has 8 aromatic rings. The summed E-state index contributed by atoms with van der Waals surface area (Å²) in [4.78, 5) is 11.7. The highest BCUT2D eigenvalue weighted by atomic mass is 32.2. The summed E-state index contributed by atoms with van der Waals surface area (Å²) < 4.78 is 2.55. The summed E-state index contributed by atoms with van der Waals surface area (Å²) in [6, 6.07) is 50.1. The molecule has 2 aromatic heterocycles. The SMILES string of the molecule is CC(C)(C)c1ccc(N2c3ccc4c5c3B(c3c([nH]c6ccccc36)N5c3ccc(C(C)(C)C)cc3S4)c3c2c2ccccc2n3-c2ccccc2)cc1. The fraction of sp³-hybridized carbons (Fsp3) is 0.167. The fourth-order valence-electron chi connectivity index (χ4n) is 9.22. The van der Waals surface area contributed by atoms with E-state index in [1.54, 1.807) is 0 Å². The molecule has 262 valence electrons. The largest absolute Gasteiger partial charge is 0.341 e. The van der Waals surface area contributed by atoms with Crippen molar-refractivity contribution < 1.29 is 0 Å². The number of aromatic nitrogens is 2. The van der Waals surface area contributed by atoms with Crippen LogP contribution in [0.15, 0.2) is 143 Å². The first kappa shape index (κ1) is 31.9. The Morgan fingerprint density at radius 1 is 0.537 bits per heavy atom. The van der Waals surface area contributed by atoms with E-state index in [1.165, 1.54) is 87.9 Å². The molecule has 0 atom stereocenters. The van der Waals surface area contributed by atoms with Crippen LogP contribution >= 0.6 is 11.8 Å². The number of rotatable bonds is 2. The van der Waals surface area contributed by atoms with Crippen LogP contribution in [0.25, 0.3) is 27.5 Å². The quantitative estimate of drug-likeness (QED) is 0.181. The van der Waals surface area contributed by atoms with Crippen LogP contribution < -0.4 is 26.3 Å². The Balaban J connectivity index is 1.29. The summed E-state index contributed by atoms with van der Waals surface area (Å²) >= 11 is 1.91. The van der Waals surface area contributed by atoms with Crippen LogP contribution in [0.2, 0.25) is 0 Å². The van der Waals surface area contributed by atoms with Crippen molar-refractivity contribution in [3.8, 4) is 5.69 Å². The van der Waals surface area contributed by atoms with Crippen molar-refractivity contribution in [2.24, 2.45) is 0 Å². The number of hydrogen-bond acceptors (Lipinski definition) is 3. The molecule has 5 heterocycles. The second-order valence-corrected chi connectivity index (χ2v) is 18.2. The normalized spacial score (nSPS) is 14.3. The van der Waals surface area contributed by atoms with E-state index in [2.05, 4.69) is 194 Å². The van der Waals surface area contributed by atoms with Crippen LogP contribution in [-0.4, -0.2) is 16.3 Å². The smallest absolute Gasteiger partial charge is 0.276 e. The van der Waals surface area contributed by atoms with Gasteiger partial charge in [-0.1, -0.05) is 126 Å². The predicted molar refractivity (Wildman–Crippen MR) is 231 cm³/mol. The Morgan fingerprint density at radius 2 is 1.20 bits per heavy atom. The van der Waals surface area contributed by atoms with Gasteiger partial charge in [-0.2, -0.15) is 0 Å². The van der Waals surface area contributed by atoms with Crippen molar-refractivity contribution in [3.63, 3.8) is 0 Å². The first-order valence-corrected chi connectivity index (χ1v) is 19.9. The maximum atomic E-state index is 3.99. The number of para-hydroxylation sites is 3. The van der Waals surface area contributed by atoms with Crippen molar-refractivity contribution in [2.75, 3.05) is 9.80 Å². The van der Waals surface area contributed by atoms with E-state index in [9.17, 15) is 0 Å². The van der Waals surface area contributed by atoms with E-state index < -0.39 is 0 Å². The second-order valence-electron chi connectivity index (χ2n) is 17.1. The van der Waals surface area contributed by atoms with Gasteiger partial charge in [0.15, 0.2) is 0 Å². The summed E-state index contributed by atoms with van der Waals surface area (Å²) in [6.45, 7) is 13.8. The third-order valence-electron chi connectivity index (χ3n) is 11.8. The van der Waals surface area contributed by atoms with Gasteiger partial charge in [0.25, 0.3) is 6.71 Å². The first-order valence-electron chi connectivity index (χ1n) is 19.1. The molecule has 0 spiro atoms. The molecule has 11 rings (SSSR count). The van der Waals surface area contributed by atoms with Gasteiger partial charge in [-0.15, -0.1) is 0 Å². The highest BCUT2D eigenvalue weighted by Gasteiger charge is 2.50. The Bertz CT molecular complexity index is 2830. The molecule has 0 amide bonds. The molecule has 54 heavy (non-hydrogen) atoms. The highest BCUT2D eigenvalue weighted by Crippen LogP contribution is 2.56. The van der Waals surface area contributed by atoms with Crippen molar-refractivity contribution in [1.82, 2.24) is 9.55 Å². The molecular weight excluding hydrogens is 675 g/mol. The number of anilines is 6. The van der Waals surface area contributed by atoms with E-state index >= 15 is 0 Å². The van der Waals surface area contributed by atoms with Crippen molar-refractivity contribution >= 4 is 91.1 Å². The van der Waals surface area contributed by atoms with Gasteiger partial charge in [0, 0.05) is 43.3 Å². The number of nitrogens with one attached hydrogen (secondary N) is 1. The van der Waals surface area contributed by atoms with Crippen molar-refractivity contribution in [1.29, 1.82) is 0 Å². The predicted octanol–water partition coefficient (Wildman–Crippen LogP) is 11.3. The minimum absolute atomic E-state index is 0.0268. The number of H-pyrrole nitrogens is 1. The van der Waals surface area contributed by atoms with E-state index in [-0.39, 0.29) is 17.5 Å².